The van der Waals surface area contributed by atoms with E-state index in [2.05, 4.69) is 64.7 Å². The van der Waals surface area contributed by atoms with Crippen LogP contribution in [0.1, 0.15) is 51.5 Å². The van der Waals surface area contributed by atoms with Crippen LogP contribution in [0.5, 0.6) is 0 Å². The van der Waals surface area contributed by atoms with E-state index in [1.165, 1.54) is 57.2 Å². The third kappa shape index (κ3) is 7.47. The molecule has 25 heavy (non-hydrogen) atoms. The second-order valence-electron chi connectivity index (χ2n) is 7.34. The fraction of sp³-hybridized carbons (Fsp3) is 0.667. The number of guanidine groups is 1. The van der Waals surface area contributed by atoms with Crippen molar-refractivity contribution in [3.63, 3.8) is 0 Å². The lowest BCUT2D eigenvalue weighted by atomic mass is 10.0. The van der Waals surface area contributed by atoms with Gasteiger partial charge in [0.25, 0.3) is 0 Å². The first-order valence-electron chi connectivity index (χ1n) is 9.94. The van der Waals surface area contributed by atoms with Gasteiger partial charge in [0.05, 0.1) is 0 Å². The molecule has 0 bridgehead atoms. The van der Waals surface area contributed by atoms with Crippen molar-refractivity contribution in [1.82, 2.24) is 15.5 Å². The quantitative estimate of drug-likeness (QED) is 0.431. The number of rotatable bonds is 8. The first-order chi connectivity index (χ1) is 12.2. The number of hydrogen-bond donors (Lipinski definition) is 2. The van der Waals surface area contributed by atoms with E-state index in [1.54, 1.807) is 0 Å². The fourth-order valence-corrected chi connectivity index (χ4v) is 3.43. The molecule has 0 atom stereocenters. The normalized spacial score (nSPS) is 17.0. The Morgan fingerprint density at radius 2 is 1.84 bits per heavy atom. The largest absolute Gasteiger partial charge is 0.356 e. The van der Waals surface area contributed by atoms with Gasteiger partial charge < -0.3 is 15.5 Å². The smallest absolute Gasteiger partial charge is 0.191 e. The number of benzene rings is 1. The van der Waals surface area contributed by atoms with Gasteiger partial charge in [0.15, 0.2) is 5.96 Å². The molecule has 1 fully saturated rings. The second kappa shape index (κ2) is 11.1. The maximum Gasteiger partial charge on any atom is 0.191 e. The third-order valence-electron chi connectivity index (χ3n) is 5.10. The maximum absolute atomic E-state index is 4.38. The van der Waals surface area contributed by atoms with Crippen molar-refractivity contribution < 1.29 is 0 Å². The first-order valence-corrected chi connectivity index (χ1v) is 9.94. The van der Waals surface area contributed by atoms with Gasteiger partial charge >= 0.3 is 0 Å². The molecule has 4 heteroatoms. The van der Waals surface area contributed by atoms with Crippen LogP contribution in [0.4, 0.5) is 0 Å². The molecule has 1 heterocycles. The Bertz CT molecular complexity index is 490. The molecule has 1 saturated heterocycles. The molecule has 1 aliphatic heterocycles. The molecular weight excluding hydrogens is 308 g/mol. The van der Waals surface area contributed by atoms with Crippen molar-refractivity contribution in [1.29, 1.82) is 0 Å². The highest BCUT2D eigenvalue weighted by atomic mass is 15.2. The van der Waals surface area contributed by atoms with Crippen LogP contribution >= 0.6 is 0 Å². The number of hydrogen-bond acceptors (Lipinski definition) is 2. The zero-order valence-electron chi connectivity index (χ0n) is 16.3. The predicted molar refractivity (Wildman–Crippen MR) is 108 cm³/mol. The molecule has 0 radical (unpaired) electrons. The molecule has 0 unspecified atom stereocenters. The minimum atomic E-state index is 0.555. The van der Waals surface area contributed by atoms with E-state index in [9.17, 15) is 0 Å². The second-order valence-corrected chi connectivity index (χ2v) is 7.34. The molecule has 1 aliphatic rings. The summed E-state index contributed by atoms with van der Waals surface area (Å²) in [5.41, 5.74) is 1.45. The van der Waals surface area contributed by atoms with Crippen molar-refractivity contribution in [3.05, 3.63) is 35.9 Å². The summed E-state index contributed by atoms with van der Waals surface area (Å²) >= 11 is 0. The van der Waals surface area contributed by atoms with Crippen molar-refractivity contribution >= 4 is 5.96 Å². The van der Waals surface area contributed by atoms with Crippen LogP contribution < -0.4 is 10.6 Å². The van der Waals surface area contributed by atoms with Gasteiger partial charge in [0, 0.05) is 38.8 Å². The van der Waals surface area contributed by atoms with Gasteiger partial charge in [0.2, 0.25) is 0 Å². The fourth-order valence-electron chi connectivity index (χ4n) is 3.43. The number of nitrogens with zero attached hydrogens (tertiary/aromatic N) is 2. The van der Waals surface area contributed by atoms with Gasteiger partial charge in [-0.1, -0.05) is 36.8 Å². The molecule has 1 aromatic rings. The van der Waals surface area contributed by atoms with E-state index in [0.29, 0.717) is 12.1 Å². The highest BCUT2D eigenvalue weighted by molar-refractivity contribution is 5.79. The lowest BCUT2D eigenvalue weighted by Gasteiger charge is -2.35. The van der Waals surface area contributed by atoms with E-state index in [1.807, 2.05) is 7.05 Å². The molecule has 0 aliphatic carbocycles. The predicted octanol–water partition coefficient (Wildman–Crippen LogP) is 3.44. The van der Waals surface area contributed by atoms with Crippen LogP contribution in [0, 0.1) is 0 Å². The molecule has 140 valence electrons. The Balaban J connectivity index is 1.55. The third-order valence-corrected chi connectivity index (χ3v) is 5.10. The molecule has 1 aromatic carbocycles. The summed E-state index contributed by atoms with van der Waals surface area (Å²) < 4.78 is 0. The highest BCUT2D eigenvalue weighted by Crippen LogP contribution is 2.12. The molecule has 2 rings (SSSR count). The van der Waals surface area contributed by atoms with Crippen LogP contribution in [0.2, 0.25) is 0 Å². The van der Waals surface area contributed by atoms with Crippen molar-refractivity contribution in [2.45, 2.75) is 64.5 Å². The Hall–Kier alpha value is -1.55. The van der Waals surface area contributed by atoms with E-state index in [-0.39, 0.29) is 0 Å². The summed E-state index contributed by atoms with van der Waals surface area (Å²) in [6.45, 7) is 7.94. The van der Waals surface area contributed by atoms with Crippen LogP contribution in [0.15, 0.2) is 35.3 Å². The van der Waals surface area contributed by atoms with Crippen LogP contribution in [0.3, 0.4) is 0 Å². The molecule has 2 N–H and O–H groups in total. The Kier molecular flexibility index (Phi) is 8.81. The van der Waals surface area contributed by atoms with E-state index in [0.717, 1.165) is 12.5 Å². The van der Waals surface area contributed by atoms with Gasteiger partial charge in [-0.15, -0.1) is 0 Å². The summed E-state index contributed by atoms with van der Waals surface area (Å²) in [5.74, 6) is 0.964. The summed E-state index contributed by atoms with van der Waals surface area (Å²) in [7, 11) is 1.87. The molecule has 0 amide bonds. The Morgan fingerprint density at radius 3 is 2.48 bits per heavy atom. The monoisotopic (exact) mass is 344 g/mol. The Morgan fingerprint density at radius 1 is 1.12 bits per heavy atom. The molecule has 0 saturated carbocycles. The van der Waals surface area contributed by atoms with Crippen molar-refractivity contribution in [2.75, 3.05) is 26.7 Å². The van der Waals surface area contributed by atoms with Gasteiger partial charge in [-0.25, -0.2) is 0 Å². The average Bonchev–Trinajstić information content (AvgIpc) is 2.64. The number of piperidine rings is 1. The van der Waals surface area contributed by atoms with E-state index < -0.39 is 0 Å². The topological polar surface area (TPSA) is 39.7 Å². The lowest BCUT2D eigenvalue weighted by molar-refractivity contribution is 0.167. The average molecular weight is 345 g/mol. The van der Waals surface area contributed by atoms with Gasteiger partial charge in [0.1, 0.15) is 0 Å². The number of aliphatic imine (C=N–C) groups is 1. The maximum atomic E-state index is 4.38. The lowest BCUT2D eigenvalue weighted by Crippen LogP contribution is -2.49. The van der Waals surface area contributed by atoms with Crippen molar-refractivity contribution in [3.8, 4) is 0 Å². The zero-order chi connectivity index (χ0) is 17.9. The first kappa shape index (κ1) is 19.8. The summed E-state index contributed by atoms with van der Waals surface area (Å²) in [6.07, 6.45) is 7.30. The van der Waals surface area contributed by atoms with Gasteiger partial charge in [-0.05, 0) is 51.5 Å². The Labute approximate surface area is 154 Å². The number of likely N-dealkylation sites (tertiary alicyclic amines) is 1. The summed E-state index contributed by atoms with van der Waals surface area (Å²) in [4.78, 5) is 6.94. The van der Waals surface area contributed by atoms with E-state index in [4.69, 9.17) is 0 Å². The standard InChI is InChI=1S/C21H36N4/c1-18(2)25-16-13-20(14-17-25)24-21(22-3)23-15-9-5-8-12-19-10-6-4-7-11-19/h4,6-7,10-11,18,20H,5,8-9,12-17H2,1-3H3,(H2,22,23,24). The van der Waals surface area contributed by atoms with Crippen LogP contribution in [-0.2, 0) is 6.42 Å². The van der Waals surface area contributed by atoms with Gasteiger partial charge in [-0.2, -0.15) is 0 Å². The number of unbranched alkanes of at least 4 members (excludes halogenated alkanes) is 2. The van der Waals surface area contributed by atoms with Crippen LogP contribution in [-0.4, -0.2) is 49.6 Å². The van der Waals surface area contributed by atoms with Crippen molar-refractivity contribution in [2.24, 2.45) is 4.99 Å². The zero-order valence-corrected chi connectivity index (χ0v) is 16.3. The summed E-state index contributed by atoms with van der Waals surface area (Å²) in [5, 5.41) is 7.07. The van der Waals surface area contributed by atoms with E-state index >= 15 is 0 Å². The van der Waals surface area contributed by atoms with Gasteiger partial charge in [-0.3, -0.25) is 4.99 Å². The SMILES string of the molecule is CN=C(NCCCCCc1ccccc1)NC1CCN(C(C)C)CC1. The molecular formula is C21H36N4. The minimum absolute atomic E-state index is 0.555. The molecule has 0 aromatic heterocycles. The summed E-state index contributed by atoms with van der Waals surface area (Å²) in [6, 6.07) is 12.0. The molecule has 4 nitrogen and oxygen atoms in total. The molecule has 0 spiro atoms. The highest BCUT2D eigenvalue weighted by Gasteiger charge is 2.21. The number of aryl methyl sites for hydroxylation is 1. The minimum Gasteiger partial charge on any atom is -0.356 e. The number of nitrogens with one attached hydrogen (secondary N) is 2. The van der Waals surface area contributed by atoms with Crippen LogP contribution in [0.25, 0.3) is 0 Å².